The van der Waals surface area contributed by atoms with Crippen LogP contribution in [0.15, 0.2) is 72.1 Å². The molecule has 0 saturated carbocycles. The van der Waals surface area contributed by atoms with Gasteiger partial charge in [-0.25, -0.2) is 4.98 Å². The van der Waals surface area contributed by atoms with E-state index in [2.05, 4.69) is 41.5 Å². The van der Waals surface area contributed by atoms with Crippen molar-refractivity contribution in [3.8, 4) is 5.75 Å². The molecule has 0 bridgehead atoms. The number of aromatic nitrogens is 3. The minimum atomic E-state index is -0.436. The lowest BCUT2D eigenvalue weighted by atomic mass is 10.2. The first-order valence-corrected chi connectivity index (χ1v) is 11.5. The fourth-order valence-corrected chi connectivity index (χ4v) is 4.62. The molecule has 4 aromatic rings. The second-order valence-electron chi connectivity index (χ2n) is 7.52. The van der Waals surface area contributed by atoms with E-state index in [0.29, 0.717) is 17.9 Å². The molecule has 0 unspecified atom stereocenters. The normalized spacial score (nSPS) is 12.0. The Morgan fingerprint density at radius 3 is 2.69 bits per heavy atom. The quantitative estimate of drug-likeness (QED) is 0.355. The van der Waals surface area contributed by atoms with Gasteiger partial charge in [0.05, 0.1) is 30.0 Å². The number of hydrogen-bond acceptors (Lipinski definition) is 5. The molecular formula is C25H26N4O2S. The topological polar surface area (TPSA) is 69.0 Å². The van der Waals surface area contributed by atoms with E-state index in [-0.39, 0.29) is 5.91 Å². The van der Waals surface area contributed by atoms with E-state index in [1.807, 2.05) is 41.8 Å². The Bertz CT molecular complexity index is 1220. The van der Waals surface area contributed by atoms with Crippen LogP contribution in [0, 0.1) is 6.92 Å². The monoisotopic (exact) mass is 446 g/mol. The predicted octanol–water partition coefficient (Wildman–Crippen LogP) is 5.63. The SMILES string of the molecule is CC[C@H](C(=O)Nc1ccccc1OC)n1c(SCc2ccc(C)cc2)nc2ccncc21. The maximum Gasteiger partial charge on any atom is 0.247 e. The highest BCUT2D eigenvalue weighted by Gasteiger charge is 2.25. The Hall–Kier alpha value is -3.32. The third-order valence-corrected chi connectivity index (χ3v) is 6.34. The Morgan fingerprint density at radius 1 is 1.16 bits per heavy atom. The van der Waals surface area contributed by atoms with Gasteiger partial charge in [-0.05, 0) is 37.1 Å². The number of ether oxygens (including phenoxy) is 1. The van der Waals surface area contributed by atoms with Gasteiger partial charge in [-0.3, -0.25) is 9.78 Å². The largest absolute Gasteiger partial charge is 0.495 e. The molecule has 0 fully saturated rings. The summed E-state index contributed by atoms with van der Waals surface area (Å²) in [5, 5.41) is 3.83. The molecule has 2 aromatic carbocycles. The summed E-state index contributed by atoms with van der Waals surface area (Å²) in [5.74, 6) is 1.28. The molecule has 0 saturated heterocycles. The van der Waals surface area contributed by atoms with Crippen molar-refractivity contribution in [1.29, 1.82) is 0 Å². The number of imidazole rings is 1. The lowest BCUT2D eigenvalue weighted by Crippen LogP contribution is -2.26. The molecular weight excluding hydrogens is 420 g/mol. The molecule has 1 amide bonds. The average Bonchev–Trinajstić information content (AvgIpc) is 3.18. The average molecular weight is 447 g/mol. The summed E-state index contributed by atoms with van der Waals surface area (Å²) in [4.78, 5) is 22.5. The Kier molecular flexibility index (Phi) is 6.75. The van der Waals surface area contributed by atoms with Crippen LogP contribution in [0.25, 0.3) is 11.0 Å². The van der Waals surface area contributed by atoms with Crippen LogP contribution in [0.3, 0.4) is 0 Å². The molecule has 1 N–H and O–H groups in total. The van der Waals surface area contributed by atoms with Crippen LogP contribution in [-0.4, -0.2) is 27.6 Å². The van der Waals surface area contributed by atoms with Gasteiger partial charge in [0.2, 0.25) is 5.91 Å². The number of fused-ring (bicyclic) bond motifs is 1. The smallest absolute Gasteiger partial charge is 0.247 e. The highest BCUT2D eigenvalue weighted by atomic mass is 32.2. The van der Waals surface area contributed by atoms with Crippen LogP contribution in [0.2, 0.25) is 0 Å². The fourth-order valence-electron chi connectivity index (χ4n) is 3.60. The van der Waals surface area contributed by atoms with Crippen molar-refractivity contribution in [3.63, 3.8) is 0 Å². The molecule has 4 rings (SSSR count). The van der Waals surface area contributed by atoms with Crippen molar-refractivity contribution in [2.45, 2.75) is 37.2 Å². The van der Waals surface area contributed by atoms with Crippen LogP contribution < -0.4 is 10.1 Å². The van der Waals surface area contributed by atoms with Gasteiger partial charge >= 0.3 is 0 Å². The zero-order valence-corrected chi connectivity index (χ0v) is 19.2. The van der Waals surface area contributed by atoms with E-state index < -0.39 is 6.04 Å². The van der Waals surface area contributed by atoms with Crippen LogP contribution in [0.4, 0.5) is 5.69 Å². The molecule has 2 heterocycles. The number of rotatable bonds is 8. The van der Waals surface area contributed by atoms with E-state index in [1.165, 1.54) is 11.1 Å². The number of carbonyl (C=O) groups is 1. The van der Waals surface area contributed by atoms with Gasteiger partial charge in [0.25, 0.3) is 0 Å². The standard InChI is InChI=1S/C25H26N4O2S/c1-4-21(24(30)27-20-7-5-6-8-23(20)31-3)29-22-15-26-14-13-19(22)28-25(29)32-16-18-11-9-17(2)10-12-18/h5-15,21H,4,16H2,1-3H3,(H,27,30)/t21-/m1/s1. The third-order valence-electron chi connectivity index (χ3n) is 5.31. The van der Waals surface area contributed by atoms with Crippen molar-refractivity contribution < 1.29 is 9.53 Å². The van der Waals surface area contributed by atoms with Gasteiger partial charge in [-0.15, -0.1) is 0 Å². The number of nitrogens with zero attached hydrogens (tertiary/aromatic N) is 3. The molecule has 7 heteroatoms. The van der Waals surface area contributed by atoms with E-state index >= 15 is 0 Å². The zero-order chi connectivity index (χ0) is 22.5. The summed E-state index contributed by atoms with van der Waals surface area (Å²) in [6.45, 7) is 4.08. The Balaban J connectivity index is 1.66. The zero-order valence-electron chi connectivity index (χ0n) is 18.4. The number of carbonyl (C=O) groups excluding carboxylic acids is 1. The number of hydrogen-bond donors (Lipinski definition) is 1. The van der Waals surface area contributed by atoms with E-state index in [0.717, 1.165) is 21.9 Å². The molecule has 0 aliphatic rings. The minimum Gasteiger partial charge on any atom is -0.495 e. The van der Waals surface area contributed by atoms with E-state index in [4.69, 9.17) is 9.72 Å². The maximum absolute atomic E-state index is 13.4. The number of para-hydroxylation sites is 2. The summed E-state index contributed by atoms with van der Waals surface area (Å²) < 4.78 is 7.40. The van der Waals surface area contributed by atoms with Gasteiger partial charge in [-0.1, -0.05) is 60.6 Å². The van der Waals surface area contributed by atoms with E-state index in [9.17, 15) is 4.79 Å². The number of benzene rings is 2. The lowest BCUT2D eigenvalue weighted by molar-refractivity contribution is -0.119. The van der Waals surface area contributed by atoms with Gasteiger partial charge < -0.3 is 14.6 Å². The molecule has 164 valence electrons. The molecule has 0 aliphatic heterocycles. The predicted molar refractivity (Wildman–Crippen MR) is 129 cm³/mol. The highest BCUT2D eigenvalue weighted by molar-refractivity contribution is 7.98. The van der Waals surface area contributed by atoms with Gasteiger partial charge in [0, 0.05) is 11.9 Å². The summed E-state index contributed by atoms with van der Waals surface area (Å²) in [5.41, 5.74) is 4.77. The fraction of sp³-hybridized carbons (Fsp3) is 0.240. The number of aryl methyl sites for hydroxylation is 1. The highest BCUT2D eigenvalue weighted by Crippen LogP contribution is 2.32. The first kappa shape index (κ1) is 21.9. The number of anilines is 1. The molecule has 1 atom stereocenters. The molecule has 2 aromatic heterocycles. The Morgan fingerprint density at radius 2 is 1.94 bits per heavy atom. The minimum absolute atomic E-state index is 0.114. The van der Waals surface area contributed by atoms with Crippen molar-refractivity contribution in [2.24, 2.45) is 0 Å². The first-order valence-electron chi connectivity index (χ1n) is 10.5. The molecule has 0 spiro atoms. The van der Waals surface area contributed by atoms with Crippen LogP contribution >= 0.6 is 11.8 Å². The Labute approximate surface area is 192 Å². The van der Waals surface area contributed by atoms with Crippen molar-refractivity contribution in [1.82, 2.24) is 14.5 Å². The van der Waals surface area contributed by atoms with Gasteiger partial charge in [0.15, 0.2) is 5.16 Å². The summed E-state index contributed by atoms with van der Waals surface area (Å²) >= 11 is 1.63. The van der Waals surface area contributed by atoms with Crippen molar-refractivity contribution >= 4 is 34.4 Å². The lowest BCUT2D eigenvalue weighted by Gasteiger charge is -2.20. The molecule has 32 heavy (non-hydrogen) atoms. The molecule has 6 nitrogen and oxygen atoms in total. The summed E-state index contributed by atoms with van der Waals surface area (Å²) in [6, 6.07) is 17.3. The van der Waals surface area contributed by atoms with Crippen molar-refractivity contribution in [2.75, 3.05) is 12.4 Å². The number of methoxy groups -OCH3 is 1. The number of nitrogens with one attached hydrogen (secondary N) is 1. The maximum atomic E-state index is 13.4. The summed E-state index contributed by atoms with van der Waals surface area (Å²) in [6.07, 6.45) is 4.11. The first-order chi connectivity index (χ1) is 15.6. The van der Waals surface area contributed by atoms with Gasteiger partial charge in [-0.2, -0.15) is 0 Å². The van der Waals surface area contributed by atoms with Gasteiger partial charge in [0.1, 0.15) is 11.8 Å². The molecule has 0 aliphatic carbocycles. The molecule has 0 radical (unpaired) electrons. The second kappa shape index (κ2) is 9.87. The third kappa shape index (κ3) is 4.62. The van der Waals surface area contributed by atoms with Crippen LogP contribution in [-0.2, 0) is 10.5 Å². The van der Waals surface area contributed by atoms with Crippen LogP contribution in [0.5, 0.6) is 5.75 Å². The van der Waals surface area contributed by atoms with Crippen molar-refractivity contribution in [3.05, 3.63) is 78.1 Å². The number of thioether (sulfide) groups is 1. The number of pyridine rings is 1. The van der Waals surface area contributed by atoms with E-state index in [1.54, 1.807) is 31.3 Å². The number of amides is 1. The summed E-state index contributed by atoms with van der Waals surface area (Å²) in [7, 11) is 1.59. The second-order valence-corrected chi connectivity index (χ2v) is 8.46. The van der Waals surface area contributed by atoms with Crippen LogP contribution in [0.1, 0.15) is 30.5 Å².